The van der Waals surface area contributed by atoms with Crippen LogP contribution in [-0.2, 0) is 11.3 Å². The summed E-state index contributed by atoms with van der Waals surface area (Å²) in [6.45, 7) is 6.58. The van der Waals surface area contributed by atoms with Crippen molar-refractivity contribution >= 4 is 5.96 Å². The van der Waals surface area contributed by atoms with Gasteiger partial charge in [-0.2, -0.15) is 0 Å². The Kier molecular flexibility index (Phi) is 8.02. The lowest BCUT2D eigenvalue weighted by molar-refractivity contribution is 0.0906. The number of hydrogen-bond donors (Lipinski definition) is 1. The minimum atomic E-state index is 0.250. The smallest absolute Gasteiger partial charge is 0.193 e. The maximum Gasteiger partial charge on any atom is 0.193 e. The summed E-state index contributed by atoms with van der Waals surface area (Å²) in [7, 11) is 1.88. The van der Waals surface area contributed by atoms with Crippen molar-refractivity contribution < 1.29 is 9.15 Å². The van der Waals surface area contributed by atoms with Crippen molar-refractivity contribution in [2.75, 3.05) is 46.4 Å². The number of hydrogen-bond acceptors (Lipinski definition) is 4. The molecule has 0 spiro atoms. The lowest BCUT2D eigenvalue weighted by Crippen LogP contribution is -2.45. The van der Waals surface area contributed by atoms with Crippen molar-refractivity contribution in [3.63, 3.8) is 0 Å². The van der Waals surface area contributed by atoms with Gasteiger partial charge in [0.25, 0.3) is 0 Å². The number of ether oxygens (including phenoxy) is 1. The average Bonchev–Trinajstić information content (AvgIpc) is 3.51. The zero-order chi connectivity index (χ0) is 21.3. The minimum Gasteiger partial charge on any atom is -0.468 e. The van der Waals surface area contributed by atoms with Crippen LogP contribution in [0.25, 0.3) is 0 Å². The molecule has 0 bridgehead atoms. The summed E-state index contributed by atoms with van der Waals surface area (Å²) in [5, 5.41) is 3.63. The summed E-state index contributed by atoms with van der Waals surface area (Å²) in [4.78, 5) is 9.49. The number of nitrogens with zero attached hydrogens (tertiary/aromatic N) is 3. The van der Waals surface area contributed by atoms with Crippen LogP contribution < -0.4 is 5.32 Å². The molecule has 1 N–H and O–H groups in total. The molecule has 4 rings (SSSR count). The first-order valence-corrected chi connectivity index (χ1v) is 11.7. The summed E-state index contributed by atoms with van der Waals surface area (Å²) < 4.78 is 11.8. The first-order chi connectivity index (χ1) is 15.3. The molecule has 2 unspecified atom stereocenters. The first-order valence-electron chi connectivity index (χ1n) is 11.7. The zero-order valence-electron chi connectivity index (χ0n) is 18.7. The fourth-order valence-corrected chi connectivity index (χ4v) is 4.72. The van der Waals surface area contributed by atoms with Crippen LogP contribution >= 0.6 is 0 Å². The second-order valence-corrected chi connectivity index (χ2v) is 8.66. The molecule has 31 heavy (non-hydrogen) atoms. The number of guanidine groups is 1. The van der Waals surface area contributed by atoms with Crippen LogP contribution in [0, 0.1) is 5.92 Å². The van der Waals surface area contributed by atoms with Gasteiger partial charge in [0.1, 0.15) is 5.76 Å². The Bertz CT molecular complexity index is 787. The van der Waals surface area contributed by atoms with Crippen molar-refractivity contribution in [3.8, 4) is 0 Å². The van der Waals surface area contributed by atoms with Gasteiger partial charge in [0.05, 0.1) is 25.5 Å². The Morgan fingerprint density at radius 2 is 1.97 bits per heavy atom. The number of likely N-dealkylation sites (tertiary alicyclic amines) is 2. The summed E-state index contributed by atoms with van der Waals surface area (Å²) in [5.74, 6) is 2.57. The third-order valence-electron chi connectivity index (χ3n) is 6.42. The van der Waals surface area contributed by atoms with Gasteiger partial charge in [-0.3, -0.25) is 9.89 Å². The molecule has 6 nitrogen and oxygen atoms in total. The summed E-state index contributed by atoms with van der Waals surface area (Å²) in [6, 6.07) is 14.7. The van der Waals surface area contributed by atoms with Crippen LogP contribution in [0.15, 0.2) is 58.1 Å². The first kappa shape index (κ1) is 21.9. The van der Waals surface area contributed by atoms with Crippen LogP contribution in [0.4, 0.5) is 0 Å². The van der Waals surface area contributed by atoms with Gasteiger partial charge >= 0.3 is 0 Å². The molecule has 1 aromatic carbocycles. The lowest BCUT2D eigenvalue weighted by Gasteiger charge is -2.34. The van der Waals surface area contributed by atoms with Crippen molar-refractivity contribution in [1.29, 1.82) is 0 Å². The van der Waals surface area contributed by atoms with Crippen LogP contribution in [0.2, 0.25) is 0 Å². The van der Waals surface area contributed by atoms with Gasteiger partial charge in [-0.05, 0) is 50.0 Å². The predicted octanol–water partition coefficient (Wildman–Crippen LogP) is 3.92. The van der Waals surface area contributed by atoms with E-state index >= 15 is 0 Å². The van der Waals surface area contributed by atoms with E-state index in [4.69, 9.17) is 9.15 Å². The van der Waals surface area contributed by atoms with Gasteiger partial charge in [0.15, 0.2) is 5.96 Å². The number of piperidine rings is 1. The van der Waals surface area contributed by atoms with Gasteiger partial charge < -0.3 is 19.4 Å². The maximum atomic E-state index is 5.99. The van der Waals surface area contributed by atoms with Crippen LogP contribution in [0.1, 0.15) is 43.0 Å². The molecule has 6 heteroatoms. The van der Waals surface area contributed by atoms with Gasteiger partial charge in [-0.25, -0.2) is 0 Å². The monoisotopic (exact) mass is 424 g/mol. The fourth-order valence-electron chi connectivity index (χ4n) is 4.72. The Labute approximate surface area is 186 Å². The van der Waals surface area contributed by atoms with E-state index in [1.807, 2.05) is 19.2 Å². The zero-order valence-corrected chi connectivity index (χ0v) is 18.7. The van der Waals surface area contributed by atoms with Crippen molar-refractivity contribution in [3.05, 3.63) is 60.1 Å². The average molecular weight is 425 g/mol. The Hall–Kier alpha value is -2.31. The predicted molar refractivity (Wildman–Crippen MR) is 124 cm³/mol. The second kappa shape index (κ2) is 11.3. The van der Waals surface area contributed by atoms with Crippen molar-refractivity contribution in [2.45, 2.75) is 38.3 Å². The molecule has 0 radical (unpaired) electrons. The number of benzene rings is 1. The lowest BCUT2D eigenvalue weighted by atomic mass is 10.1. The molecule has 168 valence electrons. The minimum absolute atomic E-state index is 0.250. The molecule has 2 atom stereocenters. The number of furan rings is 1. The number of nitrogens with one attached hydrogen (secondary N) is 1. The summed E-state index contributed by atoms with van der Waals surface area (Å²) in [6.07, 6.45) is 6.79. The second-order valence-electron chi connectivity index (χ2n) is 8.66. The van der Waals surface area contributed by atoms with E-state index in [1.165, 1.54) is 24.8 Å². The molecule has 3 heterocycles. The van der Waals surface area contributed by atoms with Crippen LogP contribution in [0.5, 0.6) is 0 Å². The topological polar surface area (TPSA) is 53.2 Å². The Morgan fingerprint density at radius 1 is 1.13 bits per heavy atom. The maximum absolute atomic E-state index is 5.99. The van der Waals surface area contributed by atoms with Crippen molar-refractivity contribution in [2.24, 2.45) is 10.9 Å². The van der Waals surface area contributed by atoms with Crippen LogP contribution in [0.3, 0.4) is 0 Å². The third-order valence-corrected chi connectivity index (χ3v) is 6.42. The highest BCUT2D eigenvalue weighted by molar-refractivity contribution is 5.80. The van der Waals surface area contributed by atoms with Gasteiger partial charge in [-0.15, -0.1) is 0 Å². The molecule has 0 amide bonds. The van der Waals surface area contributed by atoms with E-state index in [1.54, 1.807) is 6.26 Å². The molecule has 0 saturated carbocycles. The standard InChI is InChI=1S/C25H36N4O2/c1-26-25(27-17-23(24-11-8-16-31-24)28-13-6-3-7-14-28)29-15-12-22(18-29)20-30-19-21-9-4-2-5-10-21/h2,4-5,8-11,16,22-23H,3,6-7,12-15,17-20H2,1H3,(H,26,27). The molecule has 2 aliphatic rings. The normalized spacial score (nSPS) is 21.4. The molecule has 2 fully saturated rings. The highest BCUT2D eigenvalue weighted by atomic mass is 16.5. The van der Waals surface area contributed by atoms with E-state index in [-0.39, 0.29) is 6.04 Å². The number of aliphatic imine (C=N–C) groups is 1. The van der Waals surface area contributed by atoms with E-state index in [9.17, 15) is 0 Å². The highest BCUT2D eigenvalue weighted by Gasteiger charge is 2.28. The summed E-state index contributed by atoms with van der Waals surface area (Å²) >= 11 is 0. The third kappa shape index (κ3) is 6.11. The van der Waals surface area contributed by atoms with E-state index in [2.05, 4.69) is 50.4 Å². The van der Waals surface area contributed by atoms with E-state index in [0.717, 1.165) is 57.5 Å². The van der Waals surface area contributed by atoms with E-state index in [0.29, 0.717) is 12.5 Å². The fraction of sp³-hybridized carbons (Fsp3) is 0.560. The SMILES string of the molecule is CN=C(NCC(c1ccco1)N1CCCCC1)N1CCC(COCc2ccccc2)C1. The quantitative estimate of drug-likeness (QED) is 0.514. The molecular formula is C25H36N4O2. The van der Waals surface area contributed by atoms with Gasteiger partial charge in [0, 0.05) is 32.6 Å². The molecule has 0 aliphatic carbocycles. The number of rotatable bonds is 8. The van der Waals surface area contributed by atoms with Gasteiger partial charge in [-0.1, -0.05) is 36.8 Å². The summed E-state index contributed by atoms with van der Waals surface area (Å²) in [5.41, 5.74) is 1.23. The Morgan fingerprint density at radius 3 is 2.71 bits per heavy atom. The molecule has 1 aromatic heterocycles. The Balaban J connectivity index is 1.26. The molecule has 2 aromatic rings. The molecule has 2 aliphatic heterocycles. The van der Waals surface area contributed by atoms with Crippen LogP contribution in [-0.4, -0.2) is 62.1 Å². The highest BCUT2D eigenvalue weighted by Crippen LogP contribution is 2.25. The molecule has 2 saturated heterocycles. The van der Waals surface area contributed by atoms with Crippen molar-refractivity contribution in [1.82, 2.24) is 15.1 Å². The largest absolute Gasteiger partial charge is 0.468 e. The van der Waals surface area contributed by atoms with Gasteiger partial charge in [0.2, 0.25) is 0 Å². The molecular weight excluding hydrogens is 388 g/mol. The van der Waals surface area contributed by atoms with E-state index < -0.39 is 0 Å².